The molecule has 0 unspecified atom stereocenters. The lowest BCUT2D eigenvalue weighted by Crippen LogP contribution is -2.11. The number of hydrogen-bond acceptors (Lipinski definition) is 2. The van der Waals surface area contributed by atoms with Gasteiger partial charge in [-0.2, -0.15) is 0 Å². The van der Waals surface area contributed by atoms with E-state index in [2.05, 4.69) is 30.5 Å². The first-order valence-corrected chi connectivity index (χ1v) is 5.52. The zero-order valence-corrected chi connectivity index (χ0v) is 10.1. The van der Waals surface area contributed by atoms with Crippen LogP contribution in [0, 0.1) is 13.8 Å². The van der Waals surface area contributed by atoms with E-state index >= 15 is 0 Å². The van der Waals surface area contributed by atoms with Crippen LogP contribution in [-0.4, -0.2) is 18.2 Å². The third-order valence-corrected chi connectivity index (χ3v) is 3.02. The lowest BCUT2D eigenvalue weighted by Gasteiger charge is -2.10. The predicted molar refractivity (Wildman–Crippen MR) is 67.0 cm³/mol. The van der Waals surface area contributed by atoms with E-state index in [1.54, 1.807) is 7.11 Å². The van der Waals surface area contributed by atoms with Crippen LogP contribution in [-0.2, 0) is 6.54 Å². The molecule has 0 aliphatic carbocycles. The van der Waals surface area contributed by atoms with E-state index in [1.807, 2.05) is 6.07 Å². The first kappa shape index (κ1) is 11.0. The highest BCUT2D eigenvalue weighted by molar-refractivity contribution is 5.89. The summed E-state index contributed by atoms with van der Waals surface area (Å²) in [6, 6.07) is 6.31. The average Bonchev–Trinajstić information content (AvgIpc) is 2.59. The third kappa shape index (κ3) is 1.57. The van der Waals surface area contributed by atoms with Crippen LogP contribution in [0.2, 0.25) is 0 Å². The molecule has 1 aromatic carbocycles. The molecule has 1 heterocycles. The maximum absolute atomic E-state index is 5.65. The Morgan fingerprint density at radius 1 is 1.31 bits per heavy atom. The van der Waals surface area contributed by atoms with Crippen molar-refractivity contribution in [3.63, 3.8) is 0 Å². The monoisotopic (exact) mass is 218 g/mol. The zero-order valence-electron chi connectivity index (χ0n) is 10.1. The van der Waals surface area contributed by atoms with E-state index < -0.39 is 0 Å². The molecule has 2 N–H and O–H groups in total. The number of rotatable bonds is 3. The minimum atomic E-state index is 0.641. The molecule has 86 valence electrons. The van der Waals surface area contributed by atoms with Gasteiger partial charge in [-0.3, -0.25) is 0 Å². The van der Waals surface area contributed by atoms with Gasteiger partial charge in [0.05, 0.1) is 12.6 Å². The van der Waals surface area contributed by atoms with Crippen LogP contribution >= 0.6 is 0 Å². The Kier molecular flexibility index (Phi) is 2.88. The molecule has 16 heavy (non-hydrogen) atoms. The summed E-state index contributed by atoms with van der Waals surface area (Å²) >= 11 is 0. The Hall–Kier alpha value is -1.48. The second kappa shape index (κ2) is 4.18. The van der Waals surface area contributed by atoms with Crippen LogP contribution in [0.5, 0.6) is 5.75 Å². The van der Waals surface area contributed by atoms with Gasteiger partial charge >= 0.3 is 0 Å². The molecule has 0 spiro atoms. The molecule has 0 fully saturated rings. The Labute approximate surface area is 95.8 Å². The maximum atomic E-state index is 5.65. The number of ether oxygens (including phenoxy) is 1. The van der Waals surface area contributed by atoms with Crippen molar-refractivity contribution in [2.75, 3.05) is 13.7 Å². The van der Waals surface area contributed by atoms with E-state index in [0.717, 1.165) is 17.8 Å². The van der Waals surface area contributed by atoms with Crippen LogP contribution in [0.4, 0.5) is 0 Å². The van der Waals surface area contributed by atoms with Crippen molar-refractivity contribution in [1.29, 1.82) is 0 Å². The number of benzene rings is 1. The molecule has 0 aliphatic heterocycles. The molecule has 2 aromatic rings. The standard InChI is InChI=1S/C13H18N2O/c1-9-4-5-12(16-3)13-11(9)8-10(2)15(13)7-6-14/h4-5,8H,6-7,14H2,1-3H3. The van der Waals surface area contributed by atoms with Crippen LogP contribution in [0.1, 0.15) is 11.3 Å². The number of methoxy groups -OCH3 is 1. The van der Waals surface area contributed by atoms with Crippen LogP contribution in [0.15, 0.2) is 18.2 Å². The molecule has 0 saturated carbocycles. The van der Waals surface area contributed by atoms with Gasteiger partial charge < -0.3 is 15.0 Å². The number of fused-ring (bicyclic) bond motifs is 1. The van der Waals surface area contributed by atoms with Crippen molar-refractivity contribution < 1.29 is 4.74 Å². The molecule has 0 aliphatic rings. The Morgan fingerprint density at radius 2 is 2.06 bits per heavy atom. The molecular weight excluding hydrogens is 200 g/mol. The largest absolute Gasteiger partial charge is 0.495 e. The third-order valence-electron chi connectivity index (χ3n) is 3.02. The molecule has 3 heteroatoms. The summed E-state index contributed by atoms with van der Waals surface area (Å²) in [5.41, 5.74) is 9.31. The van der Waals surface area contributed by atoms with Crippen molar-refractivity contribution in [2.45, 2.75) is 20.4 Å². The molecular formula is C13H18N2O. The lowest BCUT2D eigenvalue weighted by atomic mass is 10.1. The second-order valence-electron chi connectivity index (χ2n) is 4.07. The summed E-state index contributed by atoms with van der Waals surface area (Å²) in [6.45, 7) is 5.69. The van der Waals surface area contributed by atoms with Crippen molar-refractivity contribution in [1.82, 2.24) is 4.57 Å². The molecule has 0 amide bonds. The minimum absolute atomic E-state index is 0.641. The number of aromatic nitrogens is 1. The number of aryl methyl sites for hydroxylation is 2. The fraction of sp³-hybridized carbons (Fsp3) is 0.385. The van der Waals surface area contributed by atoms with Gasteiger partial charge in [0.25, 0.3) is 0 Å². The quantitative estimate of drug-likeness (QED) is 0.858. The van der Waals surface area contributed by atoms with Gasteiger partial charge in [0, 0.05) is 24.2 Å². The highest BCUT2D eigenvalue weighted by atomic mass is 16.5. The van der Waals surface area contributed by atoms with Gasteiger partial charge in [0.15, 0.2) is 0 Å². The van der Waals surface area contributed by atoms with Crippen LogP contribution in [0.3, 0.4) is 0 Å². The van der Waals surface area contributed by atoms with Gasteiger partial charge in [-0.1, -0.05) is 6.07 Å². The first-order valence-electron chi connectivity index (χ1n) is 5.52. The Bertz CT molecular complexity index is 514. The maximum Gasteiger partial charge on any atom is 0.143 e. The fourth-order valence-electron chi connectivity index (χ4n) is 2.19. The first-order chi connectivity index (χ1) is 7.69. The van der Waals surface area contributed by atoms with Gasteiger partial charge in [0.1, 0.15) is 5.75 Å². The molecule has 0 saturated heterocycles. The summed E-state index contributed by atoms with van der Waals surface area (Å²) in [7, 11) is 1.71. The van der Waals surface area contributed by atoms with E-state index in [9.17, 15) is 0 Å². The smallest absolute Gasteiger partial charge is 0.143 e. The SMILES string of the molecule is COc1ccc(C)c2cc(C)n(CCN)c12. The molecule has 3 nitrogen and oxygen atoms in total. The molecule has 0 bridgehead atoms. The summed E-state index contributed by atoms with van der Waals surface area (Å²) < 4.78 is 7.64. The van der Waals surface area contributed by atoms with Gasteiger partial charge in [-0.05, 0) is 31.5 Å². The van der Waals surface area contributed by atoms with Gasteiger partial charge in [-0.15, -0.1) is 0 Å². The number of nitrogens with zero attached hydrogens (tertiary/aromatic N) is 1. The van der Waals surface area contributed by atoms with Crippen LogP contribution in [0.25, 0.3) is 10.9 Å². The van der Waals surface area contributed by atoms with Crippen molar-refractivity contribution >= 4 is 10.9 Å². The summed E-state index contributed by atoms with van der Waals surface area (Å²) in [5.74, 6) is 0.919. The normalized spacial score (nSPS) is 11.0. The highest BCUT2D eigenvalue weighted by Crippen LogP contribution is 2.31. The summed E-state index contributed by atoms with van der Waals surface area (Å²) in [4.78, 5) is 0. The number of hydrogen-bond donors (Lipinski definition) is 1. The Morgan fingerprint density at radius 3 is 2.69 bits per heavy atom. The van der Waals surface area contributed by atoms with E-state index in [0.29, 0.717) is 6.54 Å². The Balaban J connectivity index is 2.78. The van der Waals surface area contributed by atoms with E-state index in [1.165, 1.54) is 16.6 Å². The minimum Gasteiger partial charge on any atom is -0.495 e. The zero-order chi connectivity index (χ0) is 11.7. The van der Waals surface area contributed by atoms with Gasteiger partial charge in [-0.25, -0.2) is 0 Å². The van der Waals surface area contributed by atoms with E-state index in [-0.39, 0.29) is 0 Å². The molecule has 2 rings (SSSR count). The molecule has 0 atom stereocenters. The second-order valence-corrected chi connectivity index (χ2v) is 4.07. The topological polar surface area (TPSA) is 40.2 Å². The lowest BCUT2D eigenvalue weighted by molar-refractivity contribution is 0.417. The average molecular weight is 218 g/mol. The predicted octanol–water partition coefficient (Wildman–Crippen LogP) is 2.23. The van der Waals surface area contributed by atoms with E-state index in [4.69, 9.17) is 10.5 Å². The van der Waals surface area contributed by atoms with Crippen molar-refractivity contribution in [3.05, 3.63) is 29.5 Å². The summed E-state index contributed by atoms with van der Waals surface area (Å²) in [6.07, 6.45) is 0. The molecule has 0 radical (unpaired) electrons. The van der Waals surface area contributed by atoms with Crippen molar-refractivity contribution in [3.8, 4) is 5.75 Å². The highest BCUT2D eigenvalue weighted by Gasteiger charge is 2.11. The summed E-state index contributed by atoms with van der Waals surface area (Å²) in [5, 5.41) is 1.25. The molecule has 1 aromatic heterocycles. The van der Waals surface area contributed by atoms with Crippen molar-refractivity contribution in [2.24, 2.45) is 5.73 Å². The van der Waals surface area contributed by atoms with Gasteiger partial charge in [0.2, 0.25) is 0 Å². The fourth-order valence-corrected chi connectivity index (χ4v) is 2.19. The van der Waals surface area contributed by atoms with Crippen LogP contribution < -0.4 is 10.5 Å². The number of nitrogens with two attached hydrogens (primary N) is 1.